The summed E-state index contributed by atoms with van der Waals surface area (Å²) in [6.07, 6.45) is 0. The summed E-state index contributed by atoms with van der Waals surface area (Å²) < 4.78 is 0. The van der Waals surface area contributed by atoms with Gasteiger partial charge in [-0.05, 0) is 120 Å². The third-order valence-electron chi connectivity index (χ3n) is 13.5. The minimum Gasteiger partial charge on any atom is -0.310 e. The molecule has 0 unspecified atom stereocenters. The Bertz CT molecular complexity index is 3030. The van der Waals surface area contributed by atoms with Crippen molar-refractivity contribution in [2.75, 3.05) is 4.90 Å². The van der Waals surface area contributed by atoms with Gasteiger partial charge in [0.1, 0.15) is 0 Å². The van der Waals surface area contributed by atoms with Gasteiger partial charge in [-0.1, -0.05) is 190 Å². The van der Waals surface area contributed by atoms with Crippen molar-refractivity contribution in [1.29, 1.82) is 0 Å². The summed E-state index contributed by atoms with van der Waals surface area (Å²) in [6, 6.07) is 79.2. The first-order valence-corrected chi connectivity index (χ1v) is 20.8. The first-order valence-electron chi connectivity index (χ1n) is 20.8. The molecule has 1 nitrogen and oxygen atoms in total. The molecule has 1 heteroatoms. The Morgan fingerprint density at radius 3 is 1.34 bits per heavy atom. The molecule has 1 spiro atoms. The fourth-order valence-electron chi connectivity index (χ4n) is 10.9. The maximum atomic E-state index is 2.54. The zero-order chi connectivity index (χ0) is 39.3. The lowest BCUT2D eigenvalue weighted by Crippen LogP contribution is -2.25. The van der Waals surface area contributed by atoms with Gasteiger partial charge in [-0.2, -0.15) is 0 Å². The average molecular weight is 752 g/mol. The summed E-state index contributed by atoms with van der Waals surface area (Å²) in [5, 5.41) is 0. The molecule has 278 valence electrons. The predicted octanol–water partition coefficient (Wildman–Crippen LogP) is 15.1. The molecule has 3 aliphatic carbocycles. The molecule has 0 N–H and O–H groups in total. The summed E-state index contributed by atoms with van der Waals surface area (Å²) >= 11 is 0. The summed E-state index contributed by atoms with van der Waals surface area (Å²) in [4.78, 5) is 2.54. The van der Waals surface area contributed by atoms with E-state index in [1.165, 1.54) is 94.7 Å². The molecule has 0 heterocycles. The zero-order valence-corrected chi connectivity index (χ0v) is 33.2. The minimum absolute atomic E-state index is 0.138. The van der Waals surface area contributed by atoms with Gasteiger partial charge in [-0.25, -0.2) is 0 Å². The molecule has 9 aromatic carbocycles. The van der Waals surface area contributed by atoms with Crippen LogP contribution in [0.2, 0.25) is 0 Å². The maximum absolute atomic E-state index is 2.54. The second-order valence-electron chi connectivity index (χ2n) is 16.8. The van der Waals surface area contributed by atoms with Crippen molar-refractivity contribution in [3.05, 3.63) is 246 Å². The van der Waals surface area contributed by atoms with Crippen LogP contribution in [0.4, 0.5) is 17.1 Å². The van der Waals surface area contributed by atoms with Crippen molar-refractivity contribution < 1.29 is 0 Å². The molecule has 0 atom stereocenters. The molecule has 0 aliphatic heterocycles. The van der Waals surface area contributed by atoms with Crippen LogP contribution < -0.4 is 4.90 Å². The number of rotatable bonds is 5. The van der Waals surface area contributed by atoms with Gasteiger partial charge in [0, 0.05) is 22.4 Å². The second kappa shape index (κ2) is 12.6. The first kappa shape index (κ1) is 33.9. The number of benzene rings is 9. The third kappa shape index (κ3) is 4.73. The van der Waals surface area contributed by atoms with E-state index in [9.17, 15) is 0 Å². The summed E-state index contributed by atoms with van der Waals surface area (Å²) in [6.45, 7) is 4.75. The minimum atomic E-state index is -0.396. The van der Waals surface area contributed by atoms with E-state index in [2.05, 4.69) is 231 Å². The Kier molecular flexibility index (Phi) is 7.26. The van der Waals surface area contributed by atoms with Gasteiger partial charge in [0.25, 0.3) is 0 Å². The van der Waals surface area contributed by atoms with Gasteiger partial charge in [-0.3, -0.25) is 0 Å². The Hall–Kier alpha value is -7.22. The summed E-state index contributed by atoms with van der Waals surface area (Å²) in [5.41, 5.74) is 23.6. The van der Waals surface area contributed by atoms with E-state index in [4.69, 9.17) is 0 Å². The van der Waals surface area contributed by atoms with E-state index in [0.29, 0.717) is 0 Å². The first-order chi connectivity index (χ1) is 29.0. The topological polar surface area (TPSA) is 3.24 Å². The largest absolute Gasteiger partial charge is 0.310 e. The lowest BCUT2D eigenvalue weighted by Gasteiger charge is -2.32. The summed E-state index contributed by atoms with van der Waals surface area (Å²) in [7, 11) is 0. The van der Waals surface area contributed by atoms with Gasteiger partial charge in [0.05, 0.1) is 11.1 Å². The second-order valence-corrected chi connectivity index (χ2v) is 16.8. The van der Waals surface area contributed by atoms with Crippen molar-refractivity contribution in [1.82, 2.24) is 0 Å². The number of hydrogen-bond donors (Lipinski definition) is 0. The summed E-state index contributed by atoms with van der Waals surface area (Å²) in [5.74, 6) is 0. The Morgan fingerprint density at radius 2 is 0.763 bits per heavy atom. The van der Waals surface area contributed by atoms with Gasteiger partial charge in [-0.15, -0.1) is 0 Å². The number of hydrogen-bond acceptors (Lipinski definition) is 1. The zero-order valence-electron chi connectivity index (χ0n) is 33.2. The van der Waals surface area contributed by atoms with E-state index >= 15 is 0 Å². The average Bonchev–Trinajstić information content (AvgIpc) is 3.86. The quantitative estimate of drug-likeness (QED) is 0.169. The molecule has 0 radical (unpaired) electrons. The molecule has 0 fully saturated rings. The standard InChI is InChI=1S/C58H41N/c1-57(2)49-26-13-12-25-47(49)56-54(57)30-17-31-55(56)59(43-35-40(38-18-5-3-6-19-38)34-41(36-43)39-20-7-4-8-21-39)42-32-33-53-48(37-42)46-24-11-16-29-52(46)58(53)50-27-14-9-22-44(50)45-23-10-15-28-51(45)58/h3-37H,1-2H3. The monoisotopic (exact) mass is 751 g/mol. The number of anilines is 3. The highest BCUT2D eigenvalue weighted by atomic mass is 15.1. The number of fused-ring (bicyclic) bond motifs is 13. The fourth-order valence-corrected chi connectivity index (χ4v) is 10.9. The Balaban J connectivity index is 1.16. The third-order valence-corrected chi connectivity index (χ3v) is 13.5. The van der Waals surface area contributed by atoms with E-state index in [0.717, 1.165) is 11.4 Å². The highest BCUT2D eigenvalue weighted by Gasteiger charge is 2.51. The molecule has 0 aromatic heterocycles. The van der Waals surface area contributed by atoms with Crippen molar-refractivity contribution in [3.63, 3.8) is 0 Å². The predicted molar refractivity (Wildman–Crippen MR) is 246 cm³/mol. The van der Waals surface area contributed by atoms with Crippen LogP contribution in [0.15, 0.2) is 212 Å². The molecule has 0 saturated carbocycles. The van der Waals surface area contributed by atoms with E-state index in [1.54, 1.807) is 0 Å². The van der Waals surface area contributed by atoms with Crippen LogP contribution in [-0.4, -0.2) is 0 Å². The van der Waals surface area contributed by atoms with Crippen molar-refractivity contribution in [2.24, 2.45) is 0 Å². The van der Waals surface area contributed by atoms with Crippen LogP contribution in [0.25, 0.3) is 55.6 Å². The van der Waals surface area contributed by atoms with Crippen LogP contribution >= 0.6 is 0 Å². The Labute approximate surface area is 346 Å². The Morgan fingerprint density at radius 1 is 0.305 bits per heavy atom. The molecular formula is C58H41N. The van der Waals surface area contributed by atoms with E-state index in [-0.39, 0.29) is 5.41 Å². The molecule has 9 aromatic rings. The van der Waals surface area contributed by atoms with Crippen LogP contribution in [0.3, 0.4) is 0 Å². The molecule has 0 amide bonds. The van der Waals surface area contributed by atoms with Crippen molar-refractivity contribution >= 4 is 17.1 Å². The van der Waals surface area contributed by atoms with E-state index in [1.807, 2.05) is 0 Å². The van der Waals surface area contributed by atoms with Gasteiger partial charge in [0.2, 0.25) is 0 Å². The maximum Gasteiger partial charge on any atom is 0.0725 e. The SMILES string of the molecule is CC1(C)c2ccccc2-c2c(N(c3cc(-c4ccccc4)cc(-c4ccccc4)c3)c3ccc4c(c3)-c3ccccc3C43c4ccccc4-c4ccccc43)cccc21. The van der Waals surface area contributed by atoms with Crippen LogP contribution in [0.5, 0.6) is 0 Å². The van der Waals surface area contributed by atoms with E-state index < -0.39 is 5.41 Å². The van der Waals surface area contributed by atoms with Crippen LogP contribution in [-0.2, 0) is 10.8 Å². The van der Waals surface area contributed by atoms with Crippen molar-refractivity contribution in [3.8, 4) is 55.6 Å². The molecule has 0 saturated heterocycles. The normalized spacial score (nSPS) is 14.2. The van der Waals surface area contributed by atoms with Crippen molar-refractivity contribution in [2.45, 2.75) is 24.7 Å². The molecule has 0 bridgehead atoms. The van der Waals surface area contributed by atoms with Gasteiger partial charge < -0.3 is 4.90 Å². The van der Waals surface area contributed by atoms with Gasteiger partial charge in [0.15, 0.2) is 0 Å². The lowest BCUT2D eigenvalue weighted by molar-refractivity contribution is 0.660. The lowest BCUT2D eigenvalue weighted by atomic mass is 9.70. The fraction of sp³-hybridized carbons (Fsp3) is 0.0690. The van der Waals surface area contributed by atoms with Crippen LogP contribution in [0, 0.1) is 0 Å². The highest BCUT2D eigenvalue weighted by Crippen LogP contribution is 2.63. The molecule has 12 rings (SSSR count). The van der Waals surface area contributed by atoms with Crippen LogP contribution in [0.1, 0.15) is 47.2 Å². The smallest absolute Gasteiger partial charge is 0.0725 e. The highest BCUT2D eigenvalue weighted by molar-refractivity contribution is 5.99. The van der Waals surface area contributed by atoms with Gasteiger partial charge >= 0.3 is 0 Å². The number of nitrogens with zero attached hydrogens (tertiary/aromatic N) is 1. The molecule has 3 aliphatic rings. The molecule has 59 heavy (non-hydrogen) atoms. The molecular weight excluding hydrogens is 711 g/mol.